The van der Waals surface area contributed by atoms with Crippen LogP contribution in [0.1, 0.15) is 25.7 Å². The van der Waals surface area contributed by atoms with Gasteiger partial charge in [-0.2, -0.15) is 0 Å². The van der Waals surface area contributed by atoms with Crippen molar-refractivity contribution in [3.05, 3.63) is 24.0 Å². The van der Waals surface area contributed by atoms with Gasteiger partial charge in [0.1, 0.15) is 5.82 Å². The van der Waals surface area contributed by atoms with Gasteiger partial charge >= 0.3 is 0 Å². The third kappa shape index (κ3) is 2.68. The molecule has 1 aromatic carbocycles. The molecule has 0 bridgehead atoms. The number of rotatable bonds is 3. The van der Waals surface area contributed by atoms with Crippen LogP contribution in [0.25, 0.3) is 0 Å². The van der Waals surface area contributed by atoms with Gasteiger partial charge in [0.05, 0.1) is 5.60 Å². The molecule has 1 aromatic rings. The first-order valence-corrected chi connectivity index (χ1v) is 6.48. The summed E-state index contributed by atoms with van der Waals surface area (Å²) in [5.74, 6) is 0.264. The highest BCUT2D eigenvalue weighted by molar-refractivity contribution is 7.99. The molecule has 0 aliphatic heterocycles. The van der Waals surface area contributed by atoms with E-state index in [1.54, 1.807) is 12.1 Å². The summed E-state index contributed by atoms with van der Waals surface area (Å²) < 4.78 is 13.5. The Bertz CT molecular complexity index is 377. The van der Waals surface area contributed by atoms with E-state index in [9.17, 15) is 9.50 Å². The van der Waals surface area contributed by atoms with Crippen LogP contribution in [-0.4, -0.2) is 16.5 Å². The maximum atomic E-state index is 13.5. The molecule has 0 radical (unpaired) electrons. The number of hydrogen-bond donors (Lipinski definition) is 2. The minimum atomic E-state index is -0.599. The molecular weight excluding hydrogens is 225 g/mol. The summed E-state index contributed by atoms with van der Waals surface area (Å²) in [6.45, 7) is 0. The van der Waals surface area contributed by atoms with E-state index in [1.807, 2.05) is 0 Å². The van der Waals surface area contributed by atoms with E-state index >= 15 is 0 Å². The lowest BCUT2D eigenvalue weighted by molar-refractivity contribution is 0.0732. The van der Waals surface area contributed by atoms with E-state index in [1.165, 1.54) is 17.8 Å². The highest BCUT2D eigenvalue weighted by Gasteiger charge is 2.31. The van der Waals surface area contributed by atoms with Crippen molar-refractivity contribution in [2.75, 3.05) is 11.5 Å². The molecule has 0 saturated heterocycles. The quantitative estimate of drug-likeness (QED) is 0.632. The molecule has 1 aliphatic rings. The van der Waals surface area contributed by atoms with Crippen molar-refractivity contribution in [2.24, 2.45) is 0 Å². The molecule has 16 heavy (non-hydrogen) atoms. The average Bonchev–Trinajstić information content (AvgIpc) is 2.64. The Kier molecular flexibility index (Phi) is 3.40. The normalized spacial score (nSPS) is 18.9. The molecule has 4 heteroatoms. The first-order chi connectivity index (χ1) is 7.59. The van der Waals surface area contributed by atoms with Gasteiger partial charge < -0.3 is 10.8 Å². The van der Waals surface area contributed by atoms with Gasteiger partial charge in [-0.05, 0) is 31.0 Å². The molecule has 0 heterocycles. The van der Waals surface area contributed by atoms with Crippen molar-refractivity contribution in [1.82, 2.24) is 0 Å². The molecule has 0 spiro atoms. The molecule has 1 fully saturated rings. The van der Waals surface area contributed by atoms with Crippen LogP contribution in [0.5, 0.6) is 0 Å². The first kappa shape index (κ1) is 11.7. The van der Waals surface area contributed by atoms with Crippen molar-refractivity contribution in [1.29, 1.82) is 0 Å². The zero-order valence-electron chi connectivity index (χ0n) is 9.08. The largest absolute Gasteiger partial charge is 0.399 e. The number of aliphatic hydroxyl groups is 1. The van der Waals surface area contributed by atoms with Crippen LogP contribution in [0.15, 0.2) is 23.1 Å². The van der Waals surface area contributed by atoms with Crippen molar-refractivity contribution in [2.45, 2.75) is 36.2 Å². The van der Waals surface area contributed by atoms with Gasteiger partial charge in [0, 0.05) is 16.3 Å². The Labute approximate surface area is 99.0 Å². The van der Waals surface area contributed by atoms with Crippen LogP contribution >= 0.6 is 11.8 Å². The maximum absolute atomic E-state index is 13.5. The number of nitrogens with two attached hydrogens (primary N) is 1. The molecule has 0 aromatic heterocycles. The average molecular weight is 241 g/mol. The Morgan fingerprint density at radius 1 is 1.38 bits per heavy atom. The zero-order chi connectivity index (χ0) is 11.6. The standard InChI is InChI=1S/C12H16FNOS/c13-10-7-9(14)3-4-11(10)16-8-12(15)5-1-2-6-12/h3-4,7,15H,1-2,5-6,8,14H2. The molecule has 1 saturated carbocycles. The van der Waals surface area contributed by atoms with Gasteiger partial charge in [-0.1, -0.05) is 12.8 Å². The summed E-state index contributed by atoms with van der Waals surface area (Å²) in [6, 6.07) is 4.68. The first-order valence-electron chi connectivity index (χ1n) is 5.49. The number of benzene rings is 1. The van der Waals surface area contributed by atoms with Gasteiger partial charge in [0.25, 0.3) is 0 Å². The van der Waals surface area contributed by atoms with Gasteiger partial charge in [-0.25, -0.2) is 4.39 Å². The van der Waals surface area contributed by atoms with Crippen molar-refractivity contribution < 1.29 is 9.50 Å². The van der Waals surface area contributed by atoms with Crippen molar-refractivity contribution >= 4 is 17.4 Å². The lowest BCUT2D eigenvalue weighted by Crippen LogP contribution is -2.27. The molecule has 2 rings (SSSR count). The third-order valence-corrected chi connectivity index (χ3v) is 4.31. The van der Waals surface area contributed by atoms with Gasteiger partial charge in [0.2, 0.25) is 0 Å². The molecule has 88 valence electrons. The highest BCUT2D eigenvalue weighted by atomic mass is 32.2. The highest BCUT2D eigenvalue weighted by Crippen LogP contribution is 2.35. The van der Waals surface area contributed by atoms with Crippen LogP contribution in [0, 0.1) is 5.82 Å². The van der Waals surface area contributed by atoms with E-state index in [2.05, 4.69) is 0 Å². The fraction of sp³-hybridized carbons (Fsp3) is 0.500. The van der Waals surface area contributed by atoms with Crippen molar-refractivity contribution in [3.8, 4) is 0 Å². The number of nitrogen functional groups attached to an aromatic ring is 1. The topological polar surface area (TPSA) is 46.2 Å². The maximum Gasteiger partial charge on any atom is 0.138 e. The molecule has 3 N–H and O–H groups in total. The van der Waals surface area contributed by atoms with Crippen molar-refractivity contribution in [3.63, 3.8) is 0 Å². The molecule has 2 nitrogen and oxygen atoms in total. The SMILES string of the molecule is Nc1ccc(SCC2(O)CCCC2)c(F)c1. The minimum Gasteiger partial charge on any atom is -0.399 e. The lowest BCUT2D eigenvalue weighted by Gasteiger charge is -2.21. The van der Waals surface area contributed by atoms with Gasteiger partial charge in [-0.3, -0.25) is 0 Å². The second kappa shape index (κ2) is 4.63. The summed E-state index contributed by atoms with van der Waals surface area (Å²) in [5.41, 5.74) is 5.31. The minimum absolute atomic E-state index is 0.299. The third-order valence-electron chi connectivity index (χ3n) is 2.99. The van der Waals surface area contributed by atoms with Gasteiger partial charge in [0.15, 0.2) is 0 Å². The van der Waals surface area contributed by atoms with Crippen LogP contribution in [0.3, 0.4) is 0 Å². The number of halogens is 1. The van der Waals surface area contributed by atoms with Crippen LogP contribution in [0.4, 0.5) is 10.1 Å². The zero-order valence-corrected chi connectivity index (χ0v) is 9.89. The second-order valence-corrected chi connectivity index (χ2v) is 5.43. The summed E-state index contributed by atoms with van der Waals surface area (Å²) >= 11 is 1.37. The van der Waals surface area contributed by atoms with E-state index in [4.69, 9.17) is 5.73 Å². The van der Waals surface area contributed by atoms with Crippen LogP contribution in [-0.2, 0) is 0 Å². The van der Waals surface area contributed by atoms with E-state index in [0.29, 0.717) is 16.3 Å². The summed E-state index contributed by atoms with van der Waals surface area (Å²) in [5, 5.41) is 10.1. The molecule has 0 unspecified atom stereocenters. The Balaban J connectivity index is 1.99. The summed E-state index contributed by atoms with van der Waals surface area (Å²) in [6.07, 6.45) is 3.80. The molecular formula is C12H16FNOS. The predicted octanol–water partition coefficient (Wildman–Crippen LogP) is 2.81. The fourth-order valence-corrected chi connectivity index (χ4v) is 3.10. The lowest BCUT2D eigenvalue weighted by atomic mass is 10.1. The van der Waals surface area contributed by atoms with Crippen LogP contribution in [0.2, 0.25) is 0 Å². The summed E-state index contributed by atoms with van der Waals surface area (Å²) in [4.78, 5) is 0.564. The smallest absolute Gasteiger partial charge is 0.138 e. The molecule has 1 aliphatic carbocycles. The van der Waals surface area contributed by atoms with E-state index in [-0.39, 0.29) is 5.82 Å². The Morgan fingerprint density at radius 2 is 2.06 bits per heavy atom. The van der Waals surface area contributed by atoms with E-state index < -0.39 is 5.60 Å². The predicted molar refractivity (Wildman–Crippen MR) is 65.0 cm³/mol. The monoisotopic (exact) mass is 241 g/mol. The fourth-order valence-electron chi connectivity index (χ4n) is 2.02. The Hall–Kier alpha value is -0.740. The summed E-state index contributed by atoms with van der Waals surface area (Å²) in [7, 11) is 0. The number of anilines is 1. The van der Waals surface area contributed by atoms with Gasteiger partial charge in [-0.15, -0.1) is 11.8 Å². The number of thioether (sulfide) groups is 1. The number of hydrogen-bond acceptors (Lipinski definition) is 3. The second-order valence-electron chi connectivity index (χ2n) is 4.41. The van der Waals surface area contributed by atoms with E-state index in [0.717, 1.165) is 25.7 Å². The molecule has 0 amide bonds. The molecule has 0 atom stereocenters. The Morgan fingerprint density at radius 3 is 2.69 bits per heavy atom. The van der Waals surface area contributed by atoms with Crippen LogP contribution < -0.4 is 5.73 Å².